The summed E-state index contributed by atoms with van der Waals surface area (Å²) in [5.41, 5.74) is 0.944. The van der Waals surface area contributed by atoms with Crippen molar-refractivity contribution in [1.82, 2.24) is 4.90 Å². The van der Waals surface area contributed by atoms with Crippen LogP contribution >= 0.6 is 0 Å². The Hall–Kier alpha value is -2.28. The second-order valence-electron chi connectivity index (χ2n) is 6.40. The number of aryl methyl sites for hydroxylation is 1. The van der Waals surface area contributed by atoms with Crippen molar-refractivity contribution in [3.05, 3.63) is 23.8 Å². The maximum Gasteiger partial charge on any atom is 0.310 e. The fraction of sp³-hybridized carbons (Fsp3) is 0.600. The van der Waals surface area contributed by atoms with Crippen LogP contribution in [-0.2, 0) is 20.7 Å². The predicted octanol–water partition coefficient (Wildman–Crippen LogP) is 2.04. The third-order valence-corrected chi connectivity index (χ3v) is 4.59. The largest absolute Gasteiger partial charge is 0.493 e. The van der Waals surface area contributed by atoms with E-state index in [1.165, 1.54) is 7.11 Å². The Morgan fingerprint density at radius 2 is 1.81 bits per heavy atom. The van der Waals surface area contributed by atoms with Crippen LogP contribution in [0.5, 0.6) is 11.5 Å². The van der Waals surface area contributed by atoms with E-state index in [2.05, 4.69) is 0 Å². The first kappa shape index (κ1) is 22.8. The van der Waals surface area contributed by atoms with Gasteiger partial charge in [-0.15, -0.1) is 0 Å². The van der Waals surface area contributed by atoms with Crippen LogP contribution in [0.3, 0.4) is 0 Å². The Morgan fingerprint density at radius 1 is 1.15 bits per heavy atom. The third kappa shape index (κ3) is 6.43. The molecule has 1 aromatic carbocycles. The molecule has 152 valence electrons. The highest BCUT2D eigenvalue weighted by atomic mass is 16.5. The van der Waals surface area contributed by atoms with E-state index in [-0.39, 0.29) is 37.5 Å². The summed E-state index contributed by atoms with van der Waals surface area (Å²) in [6, 6.07) is 5.21. The number of benzene rings is 1. The Bertz CT molecular complexity index is 614. The van der Waals surface area contributed by atoms with Gasteiger partial charge < -0.3 is 24.2 Å². The average molecular weight is 381 g/mol. The number of hydrogen-bond donors (Lipinski definition) is 1. The highest BCUT2D eigenvalue weighted by Crippen LogP contribution is 2.28. The number of amides is 1. The van der Waals surface area contributed by atoms with Gasteiger partial charge in [0.2, 0.25) is 5.91 Å². The predicted molar refractivity (Wildman–Crippen MR) is 102 cm³/mol. The molecule has 0 fully saturated rings. The smallest absolute Gasteiger partial charge is 0.310 e. The lowest BCUT2D eigenvalue weighted by molar-refractivity contribution is -0.147. The van der Waals surface area contributed by atoms with Gasteiger partial charge in [-0.2, -0.15) is 0 Å². The first-order valence-corrected chi connectivity index (χ1v) is 9.10. The van der Waals surface area contributed by atoms with Crippen LogP contribution in [0.25, 0.3) is 0 Å². The fourth-order valence-corrected chi connectivity index (χ4v) is 2.90. The highest BCUT2D eigenvalue weighted by molar-refractivity contribution is 5.78. The van der Waals surface area contributed by atoms with Gasteiger partial charge in [-0.1, -0.05) is 19.9 Å². The lowest BCUT2D eigenvalue weighted by Gasteiger charge is -2.31. The number of carbonyl (C=O) groups is 2. The topological polar surface area (TPSA) is 85.3 Å². The van der Waals surface area contributed by atoms with Crippen molar-refractivity contribution in [2.75, 3.05) is 34.5 Å². The van der Waals surface area contributed by atoms with Crippen LogP contribution in [-0.4, -0.2) is 62.4 Å². The molecule has 0 saturated carbocycles. The third-order valence-electron chi connectivity index (χ3n) is 4.59. The molecule has 0 aliphatic carbocycles. The van der Waals surface area contributed by atoms with Gasteiger partial charge in [0.1, 0.15) is 0 Å². The van der Waals surface area contributed by atoms with Crippen molar-refractivity contribution in [2.45, 2.75) is 39.2 Å². The summed E-state index contributed by atoms with van der Waals surface area (Å²) in [4.78, 5) is 26.1. The normalized spacial score (nSPS) is 12.8. The Balaban J connectivity index is 2.85. The number of esters is 1. The molecule has 1 aromatic rings. The van der Waals surface area contributed by atoms with Crippen LogP contribution < -0.4 is 9.47 Å². The molecule has 0 bridgehead atoms. The minimum absolute atomic E-state index is 0.110. The molecule has 0 saturated heterocycles. The van der Waals surface area contributed by atoms with Crippen LogP contribution in [0.4, 0.5) is 0 Å². The van der Waals surface area contributed by atoms with Crippen LogP contribution in [0.2, 0.25) is 0 Å². The summed E-state index contributed by atoms with van der Waals surface area (Å²) < 4.78 is 15.3. The Kier molecular flexibility index (Phi) is 9.64. The first-order valence-electron chi connectivity index (χ1n) is 9.10. The molecule has 7 nitrogen and oxygen atoms in total. The number of rotatable bonds is 11. The van der Waals surface area contributed by atoms with Gasteiger partial charge in [-0.05, 0) is 30.5 Å². The highest BCUT2D eigenvalue weighted by Gasteiger charge is 2.26. The van der Waals surface area contributed by atoms with E-state index in [1.54, 1.807) is 32.1 Å². The van der Waals surface area contributed by atoms with Gasteiger partial charge in [-0.25, -0.2) is 0 Å². The van der Waals surface area contributed by atoms with Gasteiger partial charge in [0.25, 0.3) is 0 Å². The molecule has 1 amide bonds. The molecule has 1 N–H and O–H groups in total. The Labute approximate surface area is 161 Å². The molecule has 2 unspecified atom stereocenters. The molecule has 2 atom stereocenters. The summed E-state index contributed by atoms with van der Waals surface area (Å²) in [7, 11) is 4.46. The number of aliphatic hydroxyl groups is 1. The van der Waals surface area contributed by atoms with Crippen LogP contribution in [0, 0.1) is 5.92 Å². The van der Waals surface area contributed by atoms with Gasteiger partial charge in [0.15, 0.2) is 11.5 Å². The van der Waals surface area contributed by atoms with Crippen molar-refractivity contribution in [1.29, 1.82) is 0 Å². The van der Waals surface area contributed by atoms with Crippen molar-refractivity contribution in [3.8, 4) is 11.5 Å². The van der Waals surface area contributed by atoms with E-state index >= 15 is 0 Å². The minimum Gasteiger partial charge on any atom is -0.493 e. The molecule has 0 radical (unpaired) electrons. The van der Waals surface area contributed by atoms with E-state index in [4.69, 9.17) is 14.2 Å². The van der Waals surface area contributed by atoms with E-state index in [9.17, 15) is 14.7 Å². The first-order chi connectivity index (χ1) is 12.9. The van der Waals surface area contributed by atoms with Crippen molar-refractivity contribution in [3.63, 3.8) is 0 Å². The molecule has 7 heteroatoms. The molecule has 0 spiro atoms. The second kappa shape index (κ2) is 11.4. The number of aliphatic hydroxyl groups excluding tert-OH is 1. The molecule has 27 heavy (non-hydrogen) atoms. The second-order valence-corrected chi connectivity index (χ2v) is 6.40. The van der Waals surface area contributed by atoms with Crippen molar-refractivity contribution in [2.24, 2.45) is 5.92 Å². The molecular weight excluding hydrogens is 350 g/mol. The lowest BCUT2D eigenvalue weighted by atomic mass is 10.1. The zero-order chi connectivity index (χ0) is 20.4. The number of hydrogen-bond acceptors (Lipinski definition) is 6. The van der Waals surface area contributed by atoms with E-state index < -0.39 is 5.92 Å². The lowest BCUT2D eigenvalue weighted by Crippen LogP contribution is -2.45. The molecule has 0 aliphatic rings. The zero-order valence-corrected chi connectivity index (χ0v) is 16.9. The summed E-state index contributed by atoms with van der Waals surface area (Å²) in [6.07, 6.45) is 1.39. The molecule has 1 rings (SSSR count). The summed E-state index contributed by atoms with van der Waals surface area (Å²) in [5, 5.41) is 9.62. The molecule has 0 aliphatic heterocycles. The fourth-order valence-electron chi connectivity index (χ4n) is 2.90. The molecule has 0 aromatic heterocycles. The Morgan fingerprint density at radius 3 is 2.33 bits per heavy atom. The van der Waals surface area contributed by atoms with Crippen molar-refractivity contribution < 1.29 is 28.9 Å². The van der Waals surface area contributed by atoms with Gasteiger partial charge in [-0.3, -0.25) is 9.59 Å². The summed E-state index contributed by atoms with van der Waals surface area (Å²) in [6.45, 7) is 3.69. The standard InChI is InChI=1S/C20H31NO6/c1-6-16(13-22)21(12-14(2)20(24)27-5)19(23)10-8-15-7-9-17(25-3)18(11-15)26-4/h7,9,11,14,16,22H,6,8,10,12-13H2,1-5H3. The van der Waals surface area contributed by atoms with E-state index in [0.29, 0.717) is 24.3 Å². The van der Waals surface area contributed by atoms with E-state index in [1.807, 2.05) is 19.1 Å². The van der Waals surface area contributed by atoms with Gasteiger partial charge >= 0.3 is 5.97 Å². The molecular formula is C20H31NO6. The summed E-state index contributed by atoms with van der Waals surface area (Å²) >= 11 is 0. The van der Waals surface area contributed by atoms with Gasteiger partial charge in [0, 0.05) is 13.0 Å². The minimum atomic E-state index is -0.458. The van der Waals surface area contributed by atoms with Crippen molar-refractivity contribution >= 4 is 11.9 Å². The monoisotopic (exact) mass is 381 g/mol. The SMILES string of the molecule is CCC(CO)N(CC(C)C(=O)OC)C(=O)CCc1ccc(OC)c(OC)c1. The van der Waals surface area contributed by atoms with Crippen LogP contribution in [0.15, 0.2) is 18.2 Å². The summed E-state index contributed by atoms with van der Waals surface area (Å²) in [5.74, 6) is 0.301. The quantitative estimate of drug-likeness (QED) is 0.591. The average Bonchev–Trinajstić information content (AvgIpc) is 2.70. The number of ether oxygens (including phenoxy) is 3. The number of nitrogens with zero attached hydrogens (tertiary/aromatic N) is 1. The molecule has 0 heterocycles. The van der Waals surface area contributed by atoms with Crippen LogP contribution in [0.1, 0.15) is 32.3 Å². The maximum absolute atomic E-state index is 12.8. The zero-order valence-electron chi connectivity index (χ0n) is 16.9. The number of carbonyl (C=O) groups excluding carboxylic acids is 2. The van der Waals surface area contributed by atoms with E-state index in [0.717, 1.165) is 5.56 Å². The number of methoxy groups -OCH3 is 3. The maximum atomic E-state index is 12.8. The van der Waals surface area contributed by atoms with Gasteiger partial charge in [0.05, 0.1) is 39.9 Å².